The van der Waals surface area contributed by atoms with Gasteiger partial charge in [-0.05, 0) is 68.1 Å². The predicted octanol–water partition coefficient (Wildman–Crippen LogP) is 5.11. The van der Waals surface area contributed by atoms with Gasteiger partial charge in [0.25, 0.3) is 0 Å². The van der Waals surface area contributed by atoms with Crippen LogP contribution in [0.2, 0.25) is 5.15 Å². The van der Waals surface area contributed by atoms with Gasteiger partial charge in [-0.1, -0.05) is 23.7 Å². The first-order valence-corrected chi connectivity index (χ1v) is 10.2. The molecule has 154 valence electrons. The second-order valence-corrected chi connectivity index (χ2v) is 8.12. The molecule has 0 saturated carbocycles. The minimum Gasteiger partial charge on any atom is -0.497 e. The van der Waals surface area contributed by atoms with Gasteiger partial charge in [0.2, 0.25) is 0 Å². The minimum absolute atomic E-state index is 0.0124. The number of carbonyl (C=O) groups is 1. The zero-order chi connectivity index (χ0) is 21.3. The molecule has 2 heterocycles. The summed E-state index contributed by atoms with van der Waals surface area (Å²) in [6, 6.07) is 13.1. The SMILES string of the molecule is COc1ccc(COc2cccnc2C2(C)CCc3nc(Cl)cc(C)c3C2=O)cc1. The second kappa shape index (κ2) is 8.07. The van der Waals surface area contributed by atoms with Gasteiger partial charge in [-0.2, -0.15) is 0 Å². The molecule has 1 atom stereocenters. The lowest BCUT2D eigenvalue weighted by Gasteiger charge is -2.34. The van der Waals surface area contributed by atoms with E-state index in [-0.39, 0.29) is 5.78 Å². The number of ether oxygens (including phenoxy) is 2. The summed E-state index contributed by atoms with van der Waals surface area (Å²) < 4.78 is 11.3. The van der Waals surface area contributed by atoms with Crippen molar-refractivity contribution >= 4 is 17.4 Å². The topological polar surface area (TPSA) is 61.3 Å². The van der Waals surface area contributed by atoms with E-state index in [2.05, 4.69) is 9.97 Å². The van der Waals surface area contributed by atoms with Crippen LogP contribution in [-0.2, 0) is 18.4 Å². The molecule has 0 spiro atoms. The summed E-state index contributed by atoms with van der Waals surface area (Å²) >= 11 is 6.10. The van der Waals surface area contributed by atoms with Crippen LogP contribution in [0.4, 0.5) is 0 Å². The second-order valence-electron chi connectivity index (χ2n) is 7.73. The number of benzene rings is 1. The molecular formula is C24H23ClN2O3. The van der Waals surface area contributed by atoms with Gasteiger partial charge in [-0.25, -0.2) is 4.98 Å². The number of carbonyl (C=O) groups excluding carboxylic acids is 1. The summed E-state index contributed by atoms with van der Waals surface area (Å²) in [7, 11) is 1.64. The summed E-state index contributed by atoms with van der Waals surface area (Å²) in [6.45, 7) is 4.21. The van der Waals surface area contributed by atoms with E-state index < -0.39 is 5.41 Å². The van der Waals surface area contributed by atoms with E-state index in [4.69, 9.17) is 21.1 Å². The largest absolute Gasteiger partial charge is 0.497 e. The van der Waals surface area contributed by atoms with Crippen molar-refractivity contribution in [2.45, 2.75) is 38.7 Å². The third kappa shape index (κ3) is 3.65. The molecule has 5 nitrogen and oxygen atoms in total. The van der Waals surface area contributed by atoms with Crippen molar-refractivity contribution in [3.05, 3.63) is 81.9 Å². The molecule has 1 unspecified atom stereocenters. The van der Waals surface area contributed by atoms with Gasteiger partial charge in [0.1, 0.15) is 23.3 Å². The summed E-state index contributed by atoms with van der Waals surface area (Å²) in [5.41, 5.74) is 3.13. The molecule has 6 heteroatoms. The zero-order valence-corrected chi connectivity index (χ0v) is 18.0. The number of nitrogens with zero attached hydrogens (tertiary/aromatic N) is 2. The Kier molecular flexibility index (Phi) is 5.48. The van der Waals surface area contributed by atoms with Crippen molar-refractivity contribution in [2.75, 3.05) is 7.11 Å². The first kappa shape index (κ1) is 20.4. The summed E-state index contributed by atoms with van der Waals surface area (Å²) in [4.78, 5) is 22.5. The first-order valence-electron chi connectivity index (χ1n) is 9.84. The average Bonchev–Trinajstić information content (AvgIpc) is 2.75. The maximum absolute atomic E-state index is 13.6. The Balaban J connectivity index is 1.64. The average molecular weight is 423 g/mol. The molecule has 1 aliphatic rings. The van der Waals surface area contributed by atoms with Gasteiger partial charge < -0.3 is 9.47 Å². The van der Waals surface area contributed by atoms with Crippen molar-refractivity contribution in [3.8, 4) is 11.5 Å². The molecule has 0 aliphatic heterocycles. The molecule has 4 rings (SSSR count). The predicted molar refractivity (Wildman–Crippen MR) is 116 cm³/mol. The zero-order valence-electron chi connectivity index (χ0n) is 17.2. The number of ketones is 1. The molecule has 3 aromatic rings. The van der Waals surface area contributed by atoms with E-state index in [0.29, 0.717) is 41.6 Å². The van der Waals surface area contributed by atoms with E-state index in [1.807, 2.05) is 50.2 Å². The Morgan fingerprint density at radius 1 is 1.20 bits per heavy atom. The molecule has 0 fully saturated rings. The summed E-state index contributed by atoms with van der Waals surface area (Å²) in [5, 5.41) is 0.420. The van der Waals surface area contributed by atoms with Crippen LogP contribution in [0.15, 0.2) is 48.7 Å². The maximum atomic E-state index is 13.6. The van der Waals surface area contributed by atoms with Gasteiger partial charge in [0.15, 0.2) is 5.78 Å². The fourth-order valence-electron chi connectivity index (χ4n) is 3.97. The van der Waals surface area contributed by atoms with Crippen LogP contribution in [0.25, 0.3) is 0 Å². The van der Waals surface area contributed by atoms with Gasteiger partial charge in [0.05, 0.1) is 23.9 Å². The van der Waals surface area contributed by atoms with Crippen LogP contribution in [0.1, 0.15) is 46.2 Å². The van der Waals surface area contributed by atoms with Crippen molar-refractivity contribution in [3.63, 3.8) is 0 Å². The normalized spacial score (nSPS) is 18.1. The number of pyridine rings is 2. The van der Waals surface area contributed by atoms with Crippen LogP contribution in [-0.4, -0.2) is 22.9 Å². The standard InChI is InChI=1S/C24H23ClN2O3/c1-15-13-20(25)27-18-10-11-24(2,23(28)21(15)18)22-19(5-4-12-26-22)30-14-16-6-8-17(29-3)9-7-16/h4-9,12-13H,10-11,14H2,1-3H3. The Morgan fingerprint density at radius 2 is 1.97 bits per heavy atom. The number of halogens is 1. The molecule has 0 N–H and O–H groups in total. The van der Waals surface area contributed by atoms with Crippen molar-refractivity contribution in [2.24, 2.45) is 0 Å². The molecule has 1 aromatic carbocycles. The van der Waals surface area contributed by atoms with Gasteiger partial charge in [-0.15, -0.1) is 0 Å². The first-order chi connectivity index (χ1) is 14.4. The van der Waals surface area contributed by atoms with Crippen LogP contribution < -0.4 is 9.47 Å². The lowest BCUT2D eigenvalue weighted by molar-refractivity contribution is 0.0865. The molecule has 0 radical (unpaired) electrons. The number of hydrogen-bond acceptors (Lipinski definition) is 5. The fourth-order valence-corrected chi connectivity index (χ4v) is 4.24. The van der Waals surface area contributed by atoms with Gasteiger partial charge in [-0.3, -0.25) is 9.78 Å². The van der Waals surface area contributed by atoms with Crippen LogP contribution >= 0.6 is 11.6 Å². The molecule has 0 saturated heterocycles. The van der Waals surface area contributed by atoms with Gasteiger partial charge in [0, 0.05) is 11.8 Å². The summed E-state index contributed by atoms with van der Waals surface area (Å²) in [5.74, 6) is 1.43. The Hall–Kier alpha value is -2.92. The van der Waals surface area contributed by atoms with Crippen LogP contribution in [0.5, 0.6) is 11.5 Å². The fraction of sp³-hybridized carbons (Fsp3) is 0.292. The Bertz CT molecular complexity index is 1100. The van der Waals surface area contributed by atoms with E-state index in [0.717, 1.165) is 22.6 Å². The van der Waals surface area contributed by atoms with Crippen molar-refractivity contribution in [1.82, 2.24) is 9.97 Å². The van der Waals surface area contributed by atoms with E-state index >= 15 is 0 Å². The van der Waals surface area contributed by atoms with Crippen molar-refractivity contribution in [1.29, 1.82) is 0 Å². The van der Waals surface area contributed by atoms with Crippen LogP contribution in [0, 0.1) is 6.92 Å². The molecule has 0 bridgehead atoms. The minimum atomic E-state index is -0.788. The third-order valence-corrected chi connectivity index (χ3v) is 5.89. The summed E-state index contributed by atoms with van der Waals surface area (Å²) in [6.07, 6.45) is 2.96. The highest BCUT2D eigenvalue weighted by molar-refractivity contribution is 6.29. The molecule has 2 aromatic heterocycles. The number of fused-ring (bicyclic) bond motifs is 1. The number of aryl methyl sites for hydroxylation is 2. The number of hydrogen-bond donors (Lipinski definition) is 0. The molecule has 0 amide bonds. The highest BCUT2D eigenvalue weighted by Gasteiger charge is 2.44. The van der Waals surface area contributed by atoms with E-state index in [1.54, 1.807) is 19.4 Å². The molecular weight excluding hydrogens is 400 g/mol. The Morgan fingerprint density at radius 3 is 2.70 bits per heavy atom. The monoisotopic (exact) mass is 422 g/mol. The smallest absolute Gasteiger partial charge is 0.176 e. The third-order valence-electron chi connectivity index (χ3n) is 5.70. The number of aromatic nitrogens is 2. The number of Topliss-reactive ketones (excluding diaryl/α,β-unsaturated/α-hetero) is 1. The maximum Gasteiger partial charge on any atom is 0.176 e. The van der Waals surface area contributed by atoms with Crippen molar-refractivity contribution < 1.29 is 14.3 Å². The number of methoxy groups -OCH3 is 1. The highest BCUT2D eigenvalue weighted by Crippen LogP contribution is 2.41. The van der Waals surface area contributed by atoms with Gasteiger partial charge >= 0.3 is 0 Å². The highest BCUT2D eigenvalue weighted by atomic mass is 35.5. The quantitative estimate of drug-likeness (QED) is 0.534. The lowest BCUT2D eigenvalue weighted by Crippen LogP contribution is -2.39. The van der Waals surface area contributed by atoms with E-state index in [9.17, 15) is 4.79 Å². The lowest BCUT2D eigenvalue weighted by atomic mass is 9.69. The molecule has 1 aliphatic carbocycles. The Labute approximate surface area is 181 Å². The van der Waals surface area contributed by atoms with Crippen LogP contribution in [0.3, 0.4) is 0 Å². The number of rotatable bonds is 5. The van der Waals surface area contributed by atoms with E-state index in [1.165, 1.54) is 0 Å². The molecule has 30 heavy (non-hydrogen) atoms.